The second kappa shape index (κ2) is 4.66. The number of allylic oxidation sites excluding steroid dienone is 1. The van der Waals surface area contributed by atoms with Crippen LogP contribution in [0.15, 0.2) is 12.2 Å². The zero-order chi connectivity index (χ0) is 8.86. The molecule has 0 fully saturated rings. The van der Waals surface area contributed by atoms with Crippen LogP contribution in [0.1, 0.15) is 39.0 Å². The van der Waals surface area contributed by atoms with Gasteiger partial charge in [-0.2, -0.15) is 0 Å². The third-order valence-corrected chi connectivity index (χ3v) is 2.70. The first kappa shape index (κ1) is 9.79. The monoisotopic (exact) mass is 168 g/mol. The zero-order valence-electron chi connectivity index (χ0n) is 8.31. The smallest absolute Gasteiger partial charge is 0.0553 e. The van der Waals surface area contributed by atoms with Crippen molar-refractivity contribution in [3.63, 3.8) is 0 Å². The predicted octanol–water partition coefficient (Wildman–Crippen LogP) is 3.16. The van der Waals surface area contributed by atoms with E-state index in [-0.39, 0.29) is 0 Å². The largest absolute Gasteiger partial charge is 0.384 e. The maximum atomic E-state index is 5.29. The Balaban J connectivity index is 2.56. The molecule has 1 atom stereocenters. The van der Waals surface area contributed by atoms with Crippen molar-refractivity contribution in [2.75, 3.05) is 13.7 Å². The normalized spacial score (nSPS) is 29.2. The van der Waals surface area contributed by atoms with Crippen molar-refractivity contribution in [1.29, 1.82) is 0 Å². The summed E-state index contributed by atoms with van der Waals surface area (Å²) >= 11 is 0. The van der Waals surface area contributed by atoms with E-state index in [0.717, 1.165) is 6.61 Å². The predicted molar refractivity (Wildman–Crippen MR) is 52.2 cm³/mol. The van der Waals surface area contributed by atoms with Gasteiger partial charge in [-0.05, 0) is 25.7 Å². The van der Waals surface area contributed by atoms with E-state index in [2.05, 4.69) is 19.1 Å². The molecule has 12 heavy (non-hydrogen) atoms. The van der Waals surface area contributed by atoms with Crippen molar-refractivity contribution < 1.29 is 4.74 Å². The minimum atomic E-state index is 0.377. The van der Waals surface area contributed by atoms with Crippen molar-refractivity contribution in [3.8, 4) is 0 Å². The highest BCUT2D eigenvalue weighted by molar-refractivity contribution is 5.03. The lowest BCUT2D eigenvalue weighted by Crippen LogP contribution is -2.25. The molecule has 1 nitrogen and oxygen atoms in total. The van der Waals surface area contributed by atoms with Gasteiger partial charge in [0.2, 0.25) is 0 Å². The first-order valence-electron chi connectivity index (χ1n) is 4.99. The molecule has 1 unspecified atom stereocenters. The van der Waals surface area contributed by atoms with Crippen LogP contribution >= 0.6 is 0 Å². The van der Waals surface area contributed by atoms with E-state index in [1.54, 1.807) is 7.11 Å². The lowest BCUT2D eigenvalue weighted by molar-refractivity contribution is 0.0937. The van der Waals surface area contributed by atoms with Gasteiger partial charge in [0.25, 0.3) is 0 Å². The van der Waals surface area contributed by atoms with Crippen molar-refractivity contribution in [3.05, 3.63) is 12.2 Å². The van der Waals surface area contributed by atoms with Crippen LogP contribution in [0, 0.1) is 5.41 Å². The van der Waals surface area contributed by atoms with E-state index in [0.29, 0.717) is 5.41 Å². The topological polar surface area (TPSA) is 9.23 Å². The molecule has 1 aliphatic carbocycles. The van der Waals surface area contributed by atoms with Crippen molar-refractivity contribution >= 4 is 0 Å². The minimum Gasteiger partial charge on any atom is -0.384 e. The minimum absolute atomic E-state index is 0.377. The number of hydrogen-bond acceptors (Lipinski definition) is 1. The molecule has 0 N–H and O–H groups in total. The number of hydrogen-bond donors (Lipinski definition) is 0. The quantitative estimate of drug-likeness (QED) is 0.586. The first-order chi connectivity index (χ1) is 5.83. The van der Waals surface area contributed by atoms with Crippen molar-refractivity contribution in [1.82, 2.24) is 0 Å². The molecule has 0 aliphatic heterocycles. The number of methoxy groups -OCH3 is 1. The Kier molecular flexibility index (Phi) is 3.80. The van der Waals surface area contributed by atoms with Gasteiger partial charge >= 0.3 is 0 Å². The number of ether oxygens (including phenoxy) is 1. The van der Waals surface area contributed by atoms with E-state index >= 15 is 0 Å². The Bertz CT molecular complexity index is 143. The fourth-order valence-corrected chi connectivity index (χ4v) is 2.17. The van der Waals surface area contributed by atoms with Crippen molar-refractivity contribution in [2.24, 2.45) is 5.41 Å². The molecule has 0 aromatic heterocycles. The third-order valence-electron chi connectivity index (χ3n) is 2.70. The lowest BCUT2D eigenvalue weighted by Gasteiger charge is -2.32. The Morgan fingerprint density at radius 2 is 2.33 bits per heavy atom. The van der Waals surface area contributed by atoms with E-state index in [4.69, 9.17) is 4.74 Å². The lowest BCUT2D eigenvalue weighted by atomic mass is 9.76. The van der Waals surface area contributed by atoms with Gasteiger partial charge in [0.15, 0.2) is 0 Å². The molecule has 0 radical (unpaired) electrons. The average Bonchev–Trinajstić information content (AvgIpc) is 2.07. The molecule has 0 spiro atoms. The van der Waals surface area contributed by atoms with Gasteiger partial charge in [-0.1, -0.05) is 25.5 Å². The number of rotatable bonds is 4. The first-order valence-corrected chi connectivity index (χ1v) is 4.99. The van der Waals surface area contributed by atoms with Crippen LogP contribution in [0.4, 0.5) is 0 Å². The van der Waals surface area contributed by atoms with Crippen LogP contribution in [0.25, 0.3) is 0 Å². The van der Waals surface area contributed by atoms with Crippen LogP contribution in [-0.2, 0) is 4.74 Å². The SMILES string of the molecule is CCCC1(COC)C=CCCC1. The van der Waals surface area contributed by atoms with Gasteiger partial charge in [0, 0.05) is 12.5 Å². The second-order valence-electron chi connectivity index (χ2n) is 3.84. The molecule has 70 valence electrons. The molecule has 0 aromatic carbocycles. The summed E-state index contributed by atoms with van der Waals surface area (Å²) < 4.78 is 5.29. The fourth-order valence-electron chi connectivity index (χ4n) is 2.17. The summed E-state index contributed by atoms with van der Waals surface area (Å²) in [5.74, 6) is 0. The van der Waals surface area contributed by atoms with Gasteiger partial charge in [-0.3, -0.25) is 0 Å². The summed E-state index contributed by atoms with van der Waals surface area (Å²) in [6.07, 6.45) is 11.1. The molecule has 0 amide bonds. The highest BCUT2D eigenvalue weighted by Gasteiger charge is 2.27. The van der Waals surface area contributed by atoms with Gasteiger partial charge in [-0.15, -0.1) is 0 Å². The maximum Gasteiger partial charge on any atom is 0.0553 e. The molecule has 1 aliphatic rings. The van der Waals surface area contributed by atoms with E-state index in [9.17, 15) is 0 Å². The average molecular weight is 168 g/mol. The zero-order valence-corrected chi connectivity index (χ0v) is 8.31. The molecule has 0 bridgehead atoms. The van der Waals surface area contributed by atoms with Crippen LogP contribution in [0.2, 0.25) is 0 Å². The standard InChI is InChI=1S/C11H20O/c1-3-7-11(10-12-2)8-5-4-6-9-11/h5,8H,3-4,6-7,9-10H2,1-2H3. The molecule has 1 rings (SSSR count). The molecular weight excluding hydrogens is 148 g/mol. The summed E-state index contributed by atoms with van der Waals surface area (Å²) in [5.41, 5.74) is 0.377. The Labute approximate surface area is 75.8 Å². The second-order valence-corrected chi connectivity index (χ2v) is 3.84. The summed E-state index contributed by atoms with van der Waals surface area (Å²) in [7, 11) is 1.81. The Morgan fingerprint density at radius 3 is 2.83 bits per heavy atom. The van der Waals surface area contributed by atoms with Crippen LogP contribution in [-0.4, -0.2) is 13.7 Å². The highest BCUT2D eigenvalue weighted by atomic mass is 16.5. The van der Waals surface area contributed by atoms with E-state index in [1.807, 2.05) is 0 Å². The molecule has 0 saturated heterocycles. The van der Waals surface area contributed by atoms with Crippen molar-refractivity contribution in [2.45, 2.75) is 39.0 Å². The molecule has 0 aromatic rings. The third kappa shape index (κ3) is 2.34. The summed E-state index contributed by atoms with van der Waals surface area (Å²) in [6, 6.07) is 0. The van der Waals surface area contributed by atoms with Gasteiger partial charge in [-0.25, -0.2) is 0 Å². The van der Waals surface area contributed by atoms with Gasteiger partial charge in [0.1, 0.15) is 0 Å². The highest BCUT2D eigenvalue weighted by Crippen LogP contribution is 2.35. The molecule has 1 heteroatoms. The van der Waals surface area contributed by atoms with Gasteiger partial charge < -0.3 is 4.74 Å². The summed E-state index contributed by atoms with van der Waals surface area (Å²) in [4.78, 5) is 0. The Hall–Kier alpha value is -0.300. The van der Waals surface area contributed by atoms with Crippen LogP contribution < -0.4 is 0 Å². The van der Waals surface area contributed by atoms with E-state index < -0.39 is 0 Å². The van der Waals surface area contributed by atoms with Crippen LogP contribution in [0.3, 0.4) is 0 Å². The van der Waals surface area contributed by atoms with Crippen LogP contribution in [0.5, 0.6) is 0 Å². The Morgan fingerprint density at radius 1 is 1.50 bits per heavy atom. The summed E-state index contributed by atoms with van der Waals surface area (Å²) in [6.45, 7) is 3.15. The molecular formula is C11H20O. The fraction of sp³-hybridized carbons (Fsp3) is 0.818. The van der Waals surface area contributed by atoms with Gasteiger partial charge in [0.05, 0.1) is 6.61 Å². The molecule has 0 heterocycles. The summed E-state index contributed by atoms with van der Waals surface area (Å²) in [5, 5.41) is 0. The maximum absolute atomic E-state index is 5.29. The molecule has 0 saturated carbocycles. The van der Waals surface area contributed by atoms with E-state index in [1.165, 1.54) is 32.1 Å².